The first-order valence-corrected chi connectivity index (χ1v) is 4.53. The van der Waals surface area contributed by atoms with E-state index in [1.165, 1.54) is 16.7 Å². The van der Waals surface area contributed by atoms with Gasteiger partial charge in [-0.3, -0.25) is 0 Å². The van der Waals surface area contributed by atoms with E-state index in [0.717, 1.165) is 6.42 Å². The highest BCUT2D eigenvalue weighted by molar-refractivity contribution is 5.38. The standard InChI is InChI=1S/C11H15N/c1-7-3-4-9-6-8(2)11(12)10(9)5-7/h3-5,8,11H,6,12H2,1-2H3/t8-,11?/m0/s1. The van der Waals surface area contributed by atoms with E-state index in [4.69, 9.17) is 5.73 Å². The Balaban J connectivity index is 2.48. The zero-order valence-corrected chi connectivity index (χ0v) is 7.67. The second-order valence-corrected chi connectivity index (χ2v) is 3.91. The SMILES string of the molecule is Cc1ccc2c(c1)C(N)[C@@H](C)C2. The minimum Gasteiger partial charge on any atom is -0.324 e. The molecule has 1 nitrogen and oxygen atoms in total. The van der Waals surface area contributed by atoms with E-state index in [0.29, 0.717) is 5.92 Å². The van der Waals surface area contributed by atoms with Gasteiger partial charge in [0.2, 0.25) is 0 Å². The van der Waals surface area contributed by atoms with Crippen molar-refractivity contribution in [2.75, 3.05) is 0 Å². The van der Waals surface area contributed by atoms with Crippen LogP contribution in [0, 0.1) is 12.8 Å². The summed E-state index contributed by atoms with van der Waals surface area (Å²) in [5.74, 6) is 0.613. The van der Waals surface area contributed by atoms with Crippen LogP contribution in [0.5, 0.6) is 0 Å². The van der Waals surface area contributed by atoms with E-state index in [-0.39, 0.29) is 6.04 Å². The number of hydrogen-bond acceptors (Lipinski definition) is 1. The second kappa shape index (κ2) is 2.60. The first-order chi connectivity index (χ1) is 5.68. The molecular formula is C11H15N. The fraction of sp³-hybridized carbons (Fsp3) is 0.455. The van der Waals surface area contributed by atoms with E-state index >= 15 is 0 Å². The van der Waals surface area contributed by atoms with Gasteiger partial charge in [-0.2, -0.15) is 0 Å². The molecule has 2 atom stereocenters. The molecule has 1 aliphatic carbocycles. The number of hydrogen-bond donors (Lipinski definition) is 1. The van der Waals surface area contributed by atoms with Gasteiger partial charge in [0, 0.05) is 6.04 Å². The predicted octanol–water partition coefficient (Wildman–Crippen LogP) is 2.19. The molecule has 0 fully saturated rings. The van der Waals surface area contributed by atoms with Crippen LogP contribution in [-0.2, 0) is 6.42 Å². The zero-order chi connectivity index (χ0) is 8.72. The van der Waals surface area contributed by atoms with E-state index in [1.807, 2.05) is 0 Å². The van der Waals surface area contributed by atoms with E-state index in [9.17, 15) is 0 Å². The van der Waals surface area contributed by atoms with Crippen LogP contribution in [0.1, 0.15) is 29.7 Å². The molecule has 0 spiro atoms. The molecule has 1 aromatic carbocycles. The van der Waals surface area contributed by atoms with Crippen LogP contribution in [0.2, 0.25) is 0 Å². The molecule has 1 aromatic rings. The maximum absolute atomic E-state index is 6.06. The Morgan fingerprint density at radius 1 is 1.42 bits per heavy atom. The molecule has 1 unspecified atom stereocenters. The van der Waals surface area contributed by atoms with Crippen molar-refractivity contribution in [2.24, 2.45) is 11.7 Å². The van der Waals surface area contributed by atoms with Gasteiger partial charge in [0.25, 0.3) is 0 Å². The van der Waals surface area contributed by atoms with Gasteiger partial charge in [-0.25, -0.2) is 0 Å². The van der Waals surface area contributed by atoms with Crippen molar-refractivity contribution in [3.05, 3.63) is 34.9 Å². The summed E-state index contributed by atoms with van der Waals surface area (Å²) in [6, 6.07) is 6.88. The average Bonchev–Trinajstić information content (AvgIpc) is 2.31. The Bertz CT molecular complexity index is 304. The Morgan fingerprint density at radius 3 is 2.92 bits per heavy atom. The largest absolute Gasteiger partial charge is 0.324 e. The highest BCUT2D eigenvalue weighted by Crippen LogP contribution is 2.34. The molecule has 64 valence electrons. The first kappa shape index (κ1) is 7.81. The summed E-state index contributed by atoms with van der Waals surface area (Å²) < 4.78 is 0. The molecule has 0 saturated heterocycles. The summed E-state index contributed by atoms with van der Waals surface area (Å²) in [5, 5.41) is 0. The quantitative estimate of drug-likeness (QED) is 0.620. The minimum atomic E-state index is 0.264. The number of aryl methyl sites for hydroxylation is 1. The molecule has 0 aliphatic heterocycles. The molecule has 1 aliphatic rings. The first-order valence-electron chi connectivity index (χ1n) is 4.53. The smallest absolute Gasteiger partial charge is 0.0326 e. The topological polar surface area (TPSA) is 26.0 Å². The van der Waals surface area contributed by atoms with Crippen molar-refractivity contribution in [3.63, 3.8) is 0 Å². The summed E-state index contributed by atoms with van der Waals surface area (Å²) in [4.78, 5) is 0. The summed E-state index contributed by atoms with van der Waals surface area (Å²) in [7, 11) is 0. The van der Waals surface area contributed by atoms with Gasteiger partial charge >= 0.3 is 0 Å². The third-order valence-electron chi connectivity index (χ3n) is 2.82. The molecule has 0 heterocycles. The lowest BCUT2D eigenvalue weighted by Gasteiger charge is -2.09. The van der Waals surface area contributed by atoms with Crippen molar-refractivity contribution in [1.29, 1.82) is 0 Å². The van der Waals surface area contributed by atoms with Gasteiger partial charge < -0.3 is 5.73 Å². The molecule has 2 rings (SSSR count). The number of benzene rings is 1. The molecule has 2 N–H and O–H groups in total. The van der Waals surface area contributed by atoms with Crippen LogP contribution in [-0.4, -0.2) is 0 Å². The number of nitrogens with two attached hydrogens (primary N) is 1. The third kappa shape index (κ3) is 1.05. The maximum Gasteiger partial charge on any atom is 0.0326 e. The van der Waals surface area contributed by atoms with Gasteiger partial charge in [-0.05, 0) is 30.4 Å². The molecule has 0 radical (unpaired) electrons. The predicted molar refractivity (Wildman–Crippen MR) is 51.0 cm³/mol. The fourth-order valence-electron chi connectivity index (χ4n) is 1.99. The Hall–Kier alpha value is -0.820. The summed E-state index contributed by atoms with van der Waals surface area (Å²) in [6.45, 7) is 4.34. The average molecular weight is 161 g/mol. The minimum absolute atomic E-state index is 0.264. The fourth-order valence-corrected chi connectivity index (χ4v) is 1.99. The molecule has 0 bridgehead atoms. The monoisotopic (exact) mass is 161 g/mol. The van der Waals surface area contributed by atoms with E-state index < -0.39 is 0 Å². The van der Waals surface area contributed by atoms with E-state index in [2.05, 4.69) is 32.0 Å². The Morgan fingerprint density at radius 2 is 2.17 bits per heavy atom. The van der Waals surface area contributed by atoms with Crippen LogP contribution >= 0.6 is 0 Å². The third-order valence-corrected chi connectivity index (χ3v) is 2.82. The summed E-state index contributed by atoms with van der Waals surface area (Å²) in [6.07, 6.45) is 1.15. The van der Waals surface area contributed by atoms with Crippen LogP contribution in [0.25, 0.3) is 0 Å². The van der Waals surface area contributed by atoms with Gasteiger partial charge in [0.15, 0.2) is 0 Å². The van der Waals surface area contributed by atoms with Crippen LogP contribution in [0.4, 0.5) is 0 Å². The van der Waals surface area contributed by atoms with Crippen molar-refractivity contribution in [1.82, 2.24) is 0 Å². The molecule has 0 amide bonds. The number of fused-ring (bicyclic) bond motifs is 1. The number of rotatable bonds is 0. The highest BCUT2D eigenvalue weighted by atomic mass is 14.7. The molecular weight excluding hydrogens is 146 g/mol. The van der Waals surface area contributed by atoms with Crippen molar-refractivity contribution >= 4 is 0 Å². The Labute approximate surface area is 73.6 Å². The van der Waals surface area contributed by atoms with E-state index in [1.54, 1.807) is 0 Å². The van der Waals surface area contributed by atoms with Gasteiger partial charge in [0.1, 0.15) is 0 Å². The van der Waals surface area contributed by atoms with Gasteiger partial charge in [-0.1, -0.05) is 30.7 Å². The lowest BCUT2D eigenvalue weighted by atomic mass is 10.0. The molecule has 0 aromatic heterocycles. The lowest BCUT2D eigenvalue weighted by molar-refractivity contribution is 0.513. The Kier molecular flexibility index (Phi) is 1.69. The summed E-state index contributed by atoms with van der Waals surface area (Å²) >= 11 is 0. The van der Waals surface area contributed by atoms with Crippen molar-refractivity contribution < 1.29 is 0 Å². The van der Waals surface area contributed by atoms with Crippen LogP contribution in [0.3, 0.4) is 0 Å². The van der Waals surface area contributed by atoms with Gasteiger partial charge in [0.05, 0.1) is 0 Å². The van der Waals surface area contributed by atoms with Crippen molar-refractivity contribution in [3.8, 4) is 0 Å². The molecule has 12 heavy (non-hydrogen) atoms. The normalized spacial score (nSPS) is 27.2. The second-order valence-electron chi connectivity index (χ2n) is 3.91. The highest BCUT2D eigenvalue weighted by Gasteiger charge is 2.25. The van der Waals surface area contributed by atoms with Gasteiger partial charge in [-0.15, -0.1) is 0 Å². The van der Waals surface area contributed by atoms with Crippen molar-refractivity contribution in [2.45, 2.75) is 26.3 Å². The maximum atomic E-state index is 6.06. The summed E-state index contributed by atoms with van der Waals surface area (Å²) in [5.41, 5.74) is 10.2. The van der Waals surface area contributed by atoms with Crippen LogP contribution in [0.15, 0.2) is 18.2 Å². The van der Waals surface area contributed by atoms with Crippen LogP contribution < -0.4 is 5.73 Å². The zero-order valence-electron chi connectivity index (χ0n) is 7.67. The molecule has 0 saturated carbocycles. The lowest BCUT2D eigenvalue weighted by Crippen LogP contribution is -2.13. The molecule has 1 heteroatoms.